The molecule has 1 amide bonds. The monoisotopic (exact) mass is 387 g/mol. The van der Waals surface area contributed by atoms with Crippen molar-refractivity contribution in [3.8, 4) is 0 Å². The second-order valence-corrected chi connectivity index (χ2v) is 7.52. The second-order valence-electron chi connectivity index (χ2n) is 6.66. The van der Waals surface area contributed by atoms with Gasteiger partial charge in [-0.1, -0.05) is 22.0 Å². The molecule has 1 aromatic carbocycles. The van der Waals surface area contributed by atoms with E-state index in [1.165, 1.54) is 23.1 Å². The Morgan fingerprint density at radius 1 is 1.39 bits per heavy atom. The van der Waals surface area contributed by atoms with Gasteiger partial charge in [-0.25, -0.2) is 9.18 Å². The molecule has 1 atom stereocenters. The van der Waals surface area contributed by atoms with Gasteiger partial charge >= 0.3 is 12.1 Å². The number of hydrogen-bond acceptors (Lipinski definition) is 3. The maximum atomic E-state index is 13.3. The summed E-state index contributed by atoms with van der Waals surface area (Å²) >= 11 is 3.23. The molecule has 1 aliphatic rings. The number of rotatable bonds is 2. The normalized spacial score (nSPS) is 21.3. The van der Waals surface area contributed by atoms with Crippen LogP contribution in [0.25, 0.3) is 0 Å². The third-order valence-corrected chi connectivity index (χ3v) is 4.43. The van der Waals surface area contributed by atoms with Gasteiger partial charge < -0.3 is 14.7 Å². The molecular formula is C16H19BrFNO4. The Bertz CT molecular complexity index is 643. The van der Waals surface area contributed by atoms with Gasteiger partial charge in [0.15, 0.2) is 0 Å². The number of aliphatic carboxylic acids is 1. The topological polar surface area (TPSA) is 66.8 Å². The molecule has 0 bridgehead atoms. The van der Waals surface area contributed by atoms with Gasteiger partial charge in [0.2, 0.25) is 0 Å². The molecule has 0 saturated carbocycles. The largest absolute Gasteiger partial charge is 0.481 e. The van der Waals surface area contributed by atoms with Crippen LogP contribution < -0.4 is 0 Å². The minimum Gasteiger partial charge on any atom is -0.481 e. The summed E-state index contributed by atoms with van der Waals surface area (Å²) in [6, 6.07) is 3.91. The molecule has 126 valence electrons. The number of amides is 1. The SMILES string of the molecule is CC(C)(C)OC(=O)N1CCC(C(=O)O)(c2ccc(F)cc2Br)C1. The number of likely N-dealkylation sites (tertiary alicyclic amines) is 1. The van der Waals surface area contributed by atoms with Crippen LogP contribution >= 0.6 is 15.9 Å². The van der Waals surface area contributed by atoms with Crippen molar-refractivity contribution in [3.63, 3.8) is 0 Å². The van der Waals surface area contributed by atoms with Crippen molar-refractivity contribution < 1.29 is 23.8 Å². The molecule has 0 spiro atoms. The highest BCUT2D eigenvalue weighted by Crippen LogP contribution is 2.39. The van der Waals surface area contributed by atoms with Crippen LogP contribution in [0.15, 0.2) is 22.7 Å². The first kappa shape index (κ1) is 17.7. The van der Waals surface area contributed by atoms with Gasteiger partial charge in [0, 0.05) is 17.6 Å². The van der Waals surface area contributed by atoms with Gasteiger partial charge in [-0.15, -0.1) is 0 Å². The zero-order valence-corrected chi connectivity index (χ0v) is 14.8. The van der Waals surface area contributed by atoms with E-state index in [-0.39, 0.29) is 19.5 Å². The van der Waals surface area contributed by atoms with Crippen LogP contribution in [0, 0.1) is 5.82 Å². The molecule has 7 heteroatoms. The molecule has 1 aromatic rings. The smallest absolute Gasteiger partial charge is 0.410 e. The lowest BCUT2D eigenvalue weighted by Crippen LogP contribution is -2.42. The lowest BCUT2D eigenvalue weighted by molar-refractivity contribution is -0.143. The van der Waals surface area contributed by atoms with Crippen molar-refractivity contribution in [2.24, 2.45) is 0 Å². The van der Waals surface area contributed by atoms with E-state index in [1.807, 2.05) is 0 Å². The van der Waals surface area contributed by atoms with Crippen LogP contribution in [0.4, 0.5) is 9.18 Å². The van der Waals surface area contributed by atoms with Crippen LogP contribution in [-0.4, -0.2) is 40.8 Å². The molecule has 2 rings (SSSR count). The van der Waals surface area contributed by atoms with Gasteiger partial charge in [-0.3, -0.25) is 4.79 Å². The molecule has 1 saturated heterocycles. The van der Waals surface area contributed by atoms with Crippen LogP contribution in [0.1, 0.15) is 32.8 Å². The quantitative estimate of drug-likeness (QED) is 0.842. The lowest BCUT2D eigenvalue weighted by atomic mass is 9.80. The van der Waals surface area contributed by atoms with Crippen molar-refractivity contribution in [2.75, 3.05) is 13.1 Å². The summed E-state index contributed by atoms with van der Waals surface area (Å²) in [6.45, 7) is 5.51. The average molecular weight is 388 g/mol. The van der Waals surface area contributed by atoms with Gasteiger partial charge in [0.1, 0.15) is 16.8 Å². The van der Waals surface area contributed by atoms with E-state index in [9.17, 15) is 19.1 Å². The van der Waals surface area contributed by atoms with E-state index in [1.54, 1.807) is 20.8 Å². The van der Waals surface area contributed by atoms with Crippen molar-refractivity contribution in [2.45, 2.75) is 38.2 Å². The Balaban J connectivity index is 2.31. The Labute approximate surface area is 142 Å². The van der Waals surface area contributed by atoms with Gasteiger partial charge in [-0.2, -0.15) is 0 Å². The first-order valence-corrected chi connectivity index (χ1v) is 8.01. The number of carboxylic acids is 1. The number of ether oxygens (including phenoxy) is 1. The summed E-state index contributed by atoms with van der Waals surface area (Å²) in [4.78, 5) is 25.5. The Morgan fingerprint density at radius 2 is 2.04 bits per heavy atom. The molecule has 1 fully saturated rings. The van der Waals surface area contributed by atoms with Crippen LogP contribution in [0.3, 0.4) is 0 Å². The Hall–Kier alpha value is -1.63. The minimum absolute atomic E-state index is 0.0124. The summed E-state index contributed by atoms with van der Waals surface area (Å²) in [5.41, 5.74) is -1.47. The van der Waals surface area contributed by atoms with Crippen molar-refractivity contribution in [1.82, 2.24) is 4.90 Å². The third kappa shape index (κ3) is 3.65. The molecule has 23 heavy (non-hydrogen) atoms. The van der Waals surface area contributed by atoms with E-state index in [0.29, 0.717) is 10.0 Å². The first-order valence-electron chi connectivity index (χ1n) is 7.22. The fourth-order valence-corrected chi connectivity index (χ4v) is 3.41. The fourth-order valence-electron chi connectivity index (χ4n) is 2.68. The lowest BCUT2D eigenvalue weighted by Gasteiger charge is -2.28. The molecule has 0 aromatic heterocycles. The number of benzene rings is 1. The number of halogens is 2. The van der Waals surface area contributed by atoms with Crippen molar-refractivity contribution >= 4 is 28.0 Å². The highest BCUT2D eigenvalue weighted by atomic mass is 79.9. The van der Waals surface area contributed by atoms with Crippen molar-refractivity contribution in [1.29, 1.82) is 0 Å². The Kier molecular flexibility index (Phi) is 4.71. The van der Waals surface area contributed by atoms with Crippen LogP contribution in [0.2, 0.25) is 0 Å². The molecule has 1 aliphatic heterocycles. The van der Waals surface area contributed by atoms with Gasteiger partial charge in [-0.05, 0) is 44.9 Å². The molecule has 1 N–H and O–H groups in total. The second kappa shape index (κ2) is 6.11. The van der Waals surface area contributed by atoms with Crippen molar-refractivity contribution in [3.05, 3.63) is 34.1 Å². The summed E-state index contributed by atoms with van der Waals surface area (Å²) in [5.74, 6) is -1.50. The average Bonchev–Trinajstić information content (AvgIpc) is 2.83. The molecule has 5 nitrogen and oxygen atoms in total. The third-order valence-electron chi connectivity index (χ3n) is 3.78. The van der Waals surface area contributed by atoms with E-state index in [4.69, 9.17) is 4.74 Å². The standard InChI is InChI=1S/C16H19BrFNO4/c1-15(2,3)23-14(22)19-7-6-16(9-19,13(20)21)11-5-4-10(18)8-12(11)17/h4-5,8H,6-7,9H2,1-3H3,(H,20,21). The highest BCUT2D eigenvalue weighted by molar-refractivity contribution is 9.10. The van der Waals surface area contributed by atoms with Gasteiger partial charge in [0.05, 0.1) is 0 Å². The van der Waals surface area contributed by atoms with E-state index in [0.717, 1.165) is 0 Å². The zero-order valence-electron chi connectivity index (χ0n) is 13.2. The maximum Gasteiger partial charge on any atom is 0.410 e. The molecule has 0 aliphatic carbocycles. The van der Waals surface area contributed by atoms with Crippen LogP contribution in [0.5, 0.6) is 0 Å². The molecule has 1 unspecified atom stereocenters. The predicted octanol–water partition coefficient (Wildman–Crippen LogP) is 3.55. The summed E-state index contributed by atoms with van der Waals surface area (Å²) in [7, 11) is 0. The van der Waals surface area contributed by atoms with Crippen LogP contribution in [-0.2, 0) is 14.9 Å². The van der Waals surface area contributed by atoms with E-state index >= 15 is 0 Å². The Morgan fingerprint density at radius 3 is 2.57 bits per heavy atom. The minimum atomic E-state index is -1.27. The maximum absolute atomic E-state index is 13.3. The highest BCUT2D eigenvalue weighted by Gasteiger charge is 2.49. The number of hydrogen-bond donors (Lipinski definition) is 1. The number of carbonyl (C=O) groups excluding carboxylic acids is 1. The fraction of sp³-hybridized carbons (Fsp3) is 0.500. The van der Waals surface area contributed by atoms with Gasteiger partial charge in [0.25, 0.3) is 0 Å². The summed E-state index contributed by atoms with van der Waals surface area (Å²) < 4.78 is 19.0. The number of carbonyl (C=O) groups is 2. The number of nitrogens with zero attached hydrogens (tertiary/aromatic N) is 1. The molecular weight excluding hydrogens is 369 g/mol. The molecule has 1 heterocycles. The van der Waals surface area contributed by atoms with E-state index in [2.05, 4.69) is 15.9 Å². The first-order chi connectivity index (χ1) is 10.5. The summed E-state index contributed by atoms with van der Waals surface area (Å²) in [5, 5.41) is 9.75. The predicted molar refractivity (Wildman–Crippen MR) is 85.8 cm³/mol. The van der Waals surface area contributed by atoms with E-state index < -0.39 is 28.9 Å². The molecule has 0 radical (unpaired) electrons. The summed E-state index contributed by atoms with van der Waals surface area (Å²) in [6.07, 6.45) is -0.301. The number of carboxylic acid groups (broad SMARTS) is 1. The zero-order chi connectivity index (χ0) is 17.4.